The molecule has 0 bridgehead atoms. The van der Waals surface area contributed by atoms with Crippen LogP contribution in [0.3, 0.4) is 0 Å². The number of aromatic nitrogens is 2. The van der Waals surface area contributed by atoms with Crippen molar-refractivity contribution in [2.45, 2.75) is 39.0 Å². The molecular weight excluding hydrogens is 256 g/mol. The molecule has 0 spiro atoms. The van der Waals surface area contributed by atoms with E-state index in [2.05, 4.69) is 10.4 Å². The fourth-order valence-electron chi connectivity index (χ4n) is 2.99. The van der Waals surface area contributed by atoms with Crippen LogP contribution in [0.1, 0.15) is 48.3 Å². The lowest BCUT2D eigenvalue weighted by Crippen LogP contribution is -2.42. The number of anilines is 1. The minimum Gasteiger partial charge on any atom is -0.396 e. The molecule has 0 unspecified atom stereocenters. The van der Waals surface area contributed by atoms with E-state index in [1.165, 1.54) is 11.1 Å². The highest BCUT2D eigenvalue weighted by Crippen LogP contribution is 2.35. The molecule has 1 heterocycles. The minimum absolute atomic E-state index is 0.118. The molecule has 1 aliphatic carbocycles. The van der Waals surface area contributed by atoms with Crippen LogP contribution >= 0.6 is 0 Å². The molecule has 1 saturated carbocycles. The van der Waals surface area contributed by atoms with Gasteiger partial charge in [-0.3, -0.25) is 9.48 Å². The van der Waals surface area contributed by atoms with Crippen molar-refractivity contribution < 1.29 is 9.90 Å². The third-order valence-corrected chi connectivity index (χ3v) is 4.36. The Morgan fingerprint density at radius 1 is 1.45 bits per heavy atom. The van der Waals surface area contributed by atoms with E-state index in [4.69, 9.17) is 5.73 Å². The zero-order valence-electron chi connectivity index (χ0n) is 12.3. The van der Waals surface area contributed by atoms with Crippen LogP contribution < -0.4 is 11.1 Å². The van der Waals surface area contributed by atoms with Crippen molar-refractivity contribution in [2.24, 2.45) is 12.5 Å². The molecule has 1 aliphatic rings. The maximum Gasteiger partial charge on any atom is 0.271 e. The number of nitrogens with two attached hydrogens (primary N) is 1. The molecule has 112 valence electrons. The van der Waals surface area contributed by atoms with Gasteiger partial charge in [0.1, 0.15) is 5.69 Å². The molecule has 1 amide bonds. The summed E-state index contributed by atoms with van der Waals surface area (Å²) in [6, 6.07) is 0. The molecule has 1 fully saturated rings. The predicted octanol–water partition coefficient (Wildman–Crippen LogP) is 0.983. The normalized spacial score (nSPS) is 17.9. The van der Waals surface area contributed by atoms with Gasteiger partial charge in [-0.25, -0.2) is 0 Å². The number of carbonyl (C=O) groups excluding carboxylic acids is 1. The SMILES string of the molecule is Cc1nn(C)c(C(=O)NCC2(CO)CCCCC2)c1N. The van der Waals surface area contributed by atoms with Gasteiger partial charge < -0.3 is 16.2 Å². The maximum atomic E-state index is 12.3. The molecule has 1 aromatic heterocycles. The van der Waals surface area contributed by atoms with Gasteiger partial charge in [-0.05, 0) is 19.8 Å². The first-order valence-electron chi connectivity index (χ1n) is 7.17. The molecule has 6 heteroatoms. The topological polar surface area (TPSA) is 93.2 Å². The van der Waals surface area contributed by atoms with E-state index < -0.39 is 0 Å². The molecule has 0 radical (unpaired) electrons. The van der Waals surface area contributed by atoms with Gasteiger partial charge in [-0.2, -0.15) is 5.10 Å². The predicted molar refractivity (Wildman–Crippen MR) is 77.3 cm³/mol. The fourth-order valence-corrected chi connectivity index (χ4v) is 2.99. The summed E-state index contributed by atoms with van der Waals surface area (Å²) < 4.78 is 1.51. The zero-order chi connectivity index (χ0) is 14.8. The Bertz CT molecular complexity index is 490. The van der Waals surface area contributed by atoms with Crippen LogP contribution in [0.4, 0.5) is 5.69 Å². The van der Waals surface area contributed by atoms with Crippen molar-refractivity contribution in [3.05, 3.63) is 11.4 Å². The highest BCUT2D eigenvalue weighted by Gasteiger charge is 2.32. The van der Waals surface area contributed by atoms with E-state index in [-0.39, 0.29) is 17.9 Å². The van der Waals surface area contributed by atoms with Crippen molar-refractivity contribution in [2.75, 3.05) is 18.9 Å². The van der Waals surface area contributed by atoms with Crippen LogP contribution in [0.15, 0.2) is 0 Å². The van der Waals surface area contributed by atoms with E-state index in [1.54, 1.807) is 14.0 Å². The summed E-state index contributed by atoms with van der Waals surface area (Å²) >= 11 is 0. The number of nitrogens with one attached hydrogen (secondary N) is 1. The van der Waals surface area contributed by atoms with Crippen LogP contribution in [0, 0.1) is 12.3 Å². The molecule has 20 heavy (non-hydrogen) atoms. The number of carbonyl (C=O) groups is 1. The summed E-state index contributed by atoms with van der Waals surface area (Å²) in [5.41, 5.74) is 7.19. The lowest BCUT2D eigenvalue weighted by molar-refractivity contribution is 0.0714. The van der Waals surface area contributed by atoms with Gasteiger partial charge in [0.15, 0.2) is 0 Å². The van der Waals surface area contributed by atoms with Crippen LogP contribution in [0.2, 0.25) is 0 Å². The first kappa shape index (κ1) is 14.8. The summed E-state index contributed by atoms with van der Waals surface area (Å²) in [6.45, 7) is 2.39. The molecular formula is C14H24N4O2. The molecule has 0 atom stereocenters. The number of aliphatic hydroxyl groups excluding tert-OH is 1. The van der Waals surface area contributed by atoms with Gasteiger partial charge >= 0.3 is 0 Å². The van der Waals surface area contributed by atoms with Crippen molar-refractivity contribution in [3.63, 3.8) is 0 Å². The number of nitrogen functional groups attached to an aromatic ring is 1. The van der Waals surface area contributed by atoms with Crippen LogP contribution in [-0.4, -0.2) is 33.9 Å². The Morgan fingerprint density at radius 3 is 2.60 bits per heavy atom. The maximum absolute atomic E-state index is 12.3. The number of hydrogen-bond acceptors (Lipinski definition) is 4. The first-order valence-corrected chi connectivity index (χ1v) is 7.17. The number of rotatable bonds is 4. The average molecular weight is 280 g/mol. The second-order valence-corrected chi connectivity index (χ2v) is 5.87. The number of amides is 1. The number of nitrogens with zero attached hydrogens (tertiary/aromatic N) is 2. The zero-order valence-corrected chi connectivity index (χ0v) is 12.3. The summed E-state index contributed by atoms with van der Waals surface area (Å²) in [4.78, 5) is 12.3. The number of aryl methyl sites for hydroxylation is 2. The van der Waals surface area contributed by atoms with Crippen LogP contribution in [0.5, 0.6) is 0 Å². The summed E-state index contributed by atoms with van der Waals surface area (Å²) in [5, 5.41) is 16.7. The quantitative estimate of drug-likeness (QED) is 0.766. The van der Waals surface area contributed by atoms with Crippen molar-refractivity contribution >= 4 is 11.6 Å². The molecule has 0 saturated heterocycles. The minimum atomic E-state index is -0.219. The molecule has 4 N–H and O–H groups in total. The van der Waals surface area contributed by atoms with Crippen molar-refractivity contribution in [3.8, 4) is 0 Å². The summed E-state index contributed by atoms with van der Waals surface area (Å²) in [7, 11) is 1.71. The third-order valence-electron chi connectivity index (χ3n) is 4.36. The fraction of sp³-hybridized carbons (Fsp3) is 0.714. The summed E-state index contributed by atoms with van der Waals surface area (Å²) in [6.07, 6.45) is 5.36. The van der Waals surface area contributed by atoms with Gasteiger partial charge in [0.2, 0.25) is 0 Å². The Hall–Kier alpha value is -1.56. The highest BCUT2D eigenvalue weighted by atomic mass is 16.3. The highest BCUT2D eigenvalue weighted by molar-refractivity contribution is 5.97. The van der Waals surface area contributed by atoms with Gasteiger partial charge in [0.05, 0.1) is 18.0 Å². The van der Waals surface area contributed by atoms with Crippen LogP contribution in [-0.2, 0) is 7.05 Å². The second-order valence-electron chi connectivity index (χ2n) is 5.87. The van der Waals surface area contributed by atoms with E-state index in [1.807, 2.05) is 0 Å². The molecule has 2 rings (SSSR count). The Balaban J connectivity index is 2.04. The van der Waals surface area contributed by atoms with Gasteiger partial charge in [-0.1, -0.05) is 19.3 Å². The molecule has 1 aromatic rings. The van der Waals surface area contributed by atoms with Gasteiger partial charge in [0, 0.05) is 19.0 Å². The summed E-state index contributed by atoms with van der Waals surface area (Å²) in [5.74, 6) is -0.219. The third kappa shape index (κ3) is 2.80. The molecule has 0 aromatic carbocycles. The largest absolute Gasteiger partial charge is 0.396 e. The number of aliphatic hydroxyl groups is 1. The monoisotopic (exact) mass is 280 g/mol. The van der Waals surface area contributed by atoms with E-state index in [0.29, 0.717) is 23.6 Å². The van der Waals surface area contributed by atoms with Crippen molar-refractivity contribution in [1.29, 1.82) is 0 Å². The first-order chi connectivity index (χ1) is 9.49. The lowest BCUT2D eigenvalue weighted by Gasteiger charge is -2.35. The van der Waals surface area contributed by atoms with E-state index in [0.717, 1.165) is 25.7 Å². The lowest BCUT2D eigenvalue weighted by atomic mass is 9.74. The second kappa shape index (κ2) is 5.83. The van der Waals surface area contributed by atoms with Gasteiger partial charge in [-0.15, -0.1) is 0 Å². The number of hydrogen-bond donors (Lipinski definition) is 3. The van der Waals surface area contributed by atoms with Crippen molar-refractivity contribution in [1.82, 2.24) is 15.1 Å². The average Bonchev–Trinajstić information content (AvgIpc) is 2.71. The Morgan fingerprint density at radius 2 is 2.10 bits per heavy atom. The van der Waals surface area contributed by atoms with Crippen LogP contribution in [0.25, 0.3) is 0 Å². The Labute approximate surface area is 119 Å². The van der Waals surface area contributed by atoms with E-state index >= 15 is 0 Å². The smallest absolute Gasteiger partial charge is 0.271 e. The Kier molecular flexibility index (Phi) is 4.32. The molecule has 6 nitrogen and oxygen atoms in total. The van der Waals surface area contributed by atoms with Gasteiger partial charge in [0.25, 0.3) is 5.91 Å². The molecule has 0 aliphatic heterocycles. The van der Waals surface area contributed by atoms with E-state index in [9.17, 15) is 9.90 Å². The standard InChI is InChI=1S/C14H24N4O2/c1-10-11(15)12(18(2)17-10)13(20)16-8-14(9-19)6-4-3-5-7-14/h19H,3-9,15H2,1-2H3,(H,16,20).